The van der Waals surface area contributed by atoms with Gasteiger partial charge in [-0.2, -0.15) is 0 Å². The Kier molecular flexibility index (Phi) is 7.56. The molecule has 34 heavy (non-hydrogen) atoms. The zero-order chi connectivity index (χ0) is 24.7. The minimum absolute atomic E-state index is 0.0139. The highest BCUT2D eigenvalue weighted by atomic mass is 19.4. The Labute approximate surface area is 191 Å². The van der Waals surface area contributed by atoms with Gasteiger partial charge in [0.25, 0.3) is 0 Å². The van der Waals surface area contributed by atoms with E-state index in [9.17, 15) is 23.3 Å². The Morgan fingerprint density at radius 1 is 1.00 bits per heavy atom. The highest BCUT2D eigenvalue weighted by molar-refractivity contribution is 5.73. The van der Waals surface area contributed by atoms with Gasteiger partial charge in [0.05, 0.1) is 19.1 Å². The van der Waals surface area contributed by atoms with Crippen LogP contribution in [0, 0.1) is 10.1 Å². The number of hydrogen-bond acceptors (Lipinski definition) is 9. The van der Waals surface area contributed by atoms with Gasteiger partial charge in [-0.1, -0.05) is 6.07 Å². The number of nitrogens with zero attached hydrogens (tertiary/aromatic N) is 3. The summed E-state index contributed by atoms with van der Waals surface area (Å²) in [6.07, 6.45) is -3.18. The molecule has 0 aliphatic heterocycles. The van der Waals surface area contributed by atoms with Gasteiger partial charge in [0.15, 0.2) is 11.5 Å². The number of halogens is 3. The molecule has 3 aromatic rings. The number of hydrogen-bond donors (Lipinski definition) is 2. The number of rotatable bonds is 10. The van der Waals surface area contributed by atoms with Crippen molar-refractivity contribution in [3.63, 3.8) is 0 Å². The molecule has 1 aromatic heterocycles. The van der Waals surface area contributed by atoms with E-state index >= 15 is 0 Å². The third-order valence-electron chi connectivity index (χ3n) is 4.51. The lowest BCUT2D eigenvalue weighted by Crippen LogP contribution is -2.17. The molecule has 0 aliphatic carbocycles. The summed E-state index contributed by atoms with van der Waals surface area (Å²) in [6, 6.07) is 10.1. The molecule has 0 spiro atoms. The second-order valence-electron chi connectivity index (χ2n) is 6.74. The fourth-order valence-corrected chi connectivity index (χ4v) is 3.01. The van der Waals surface area contributed by atoms with E-state index in [1.54, 1.807) is 12.1 Å². The maximum absolute atomic E-state index is 12.3. The Morgan fingerprint density at radius 3 is 2.29 bits per heavy atom. The highest BCUT2D eigenvalue weighted by Gasteiger charge is 2.31. The fourth-order valence-electron chi connectivity index (χ4n) is 3.01. The van der Waals surface area contributed by atoms with Crippen LogP contribution in [0.2, 0.25) is 0 Å². The number of methoxy groups -OCH3 is 2. The van der Waals surface area contributed by atoms with Gasteiger partial charge in [-0.15, -0.1) is 13.2 Å². The molecule has 0 amide bonds. The Bertz CT molecular complexity index is 1140. The summed E-state index contributed by atoms with van der Waals surface area (Å²) in [5.74, 6) is 0.580. The lowest BCUT2D eigenvalue weighted by molar-refractivity contribution is -0.383. The molecule has 0 unspecified atom stereocenters. The van der Waals surface area contributed by atoms with Crippen LogP contribution in [0.1, 0.15) is 5.56 Å². The molecule has 13 heteroatoms. The Morgan fingerprint density at radius 2 is 1.68 bits per heavy atom. The zero-order valence-electron chi connectivity index (χ0n) is 18.0. The minimum atomic E-state index is -4.82. The number of alkyl halides is 3. The molecule has 3 rings (SSSR count). The van der Waals surface area contributed by atoms with Crippen molar-refractivity contribution in [3.05, 3.63) is 64.5 Å². The molecule has 0 aliphatic rings. The van der Waals surface area contributed by atoms with Gasteiger partial charge >= 0.3 is 12.0 Å². The van der Waals surface area contributed by atoms with Gasteiger partial charge in [0, 0.05) is 12.2 Å². The van der Waals surface area contributed by atoms with Gasteiger partial charge in [0.1, 0.15) is 12.1 Å². The number of nitro groups is 1. The molecule has 2 aromatic carbocycles. The largest absolute Gasteiger partial charge is 0.573 e. The van der Waals surface area contributed by atoms with Crippen LogP contribution in [-0.2, 0) is 6.42 Å². The van der Waals surface area contributed by atoms with Crippen LogP contribution >= 0.6 is 0 Å². The normalized spacial score (nSPS) is 11.0. The summed E-state index contributed by atoms with van der Waals surface area (Å²) in [7, 11) is 3.05. The number of aromatic nitrogens is 2. The van der Waals surface area contributed by atoms with E-state index < -0.39 is 22.7 Å². The van der Waals surface area contributed by atoms with E-state index in [2.05, 4.69) is 25.3 Å². The van der Waals surface area contributed by atoms with Crippen molar-refractivity contribution in [1.29, 1.82) is 0 Å². The molecular weight excluding hydrogens is 459 g/mol. The van der Waals surface area contributed by atoms with Gasteiger partial charge in [-0.25, -0.2) is 9.97 Å². The molecule has 0 fully saturated rings. The van der Waals surface area contributed by atoms with Crippen LogP contribution in [0.3, 0.4) is 0 Å². The van der Waals surface area contributed by atoms with Gasteiger partial charge in [-0.05, 0) is 48.4 Å². The van der Waals surface area contributed by atoms with Crippen molar-refractivity contribution < 1.29 is 32.3 Å². The van der Waals surface area contributed by atoms with Crippen molar-refractivity contribution in [1.82, 2.24) is 9.97 Å². The molecule has 0 atom stereocenters. The van der Waals surface area contributed by atoms with E-state index in [-0.39, 0.29) is 17.3 Å². The Hall–Kier alpha value is -4.29. The summed E-state index contributed by atoms with van der Waals surface area (Å²) in [5, 5.41) is 17.3. The molecule has 2 N–H and O–H groups in total. The second-order valence-corrected chi connectivity index (χ2v) is 6.74. The maximum Gasteiger partial charge on any atom is 0.573 e. The topological polar surface area (TPSA) is 121 Å². The number of ether oxygens (including phenoxy) is 3. The summed E-state index contributed by atoms with van der Waals surface area (Å²) in [6.45, 7) is 0.316. The number of anilines is 3. The average Bonchev–Trinajstić information content (AvgIpc) is 2.79. The third kappa shape index (κ3) is 6.37. The molecule has 10 nitrogen and oxygen atoms in total. The van der Waals surface area contributed by atoms with E-state index in [1.165, 1.54) is 26.4 Å². The summed E-state index contributed by atoms with van der Waals surface area (Å²) in [4.78, 5) is 18.9. The second kappa shape index (κ2) is 10.6. The monoisotopic (exact) mass is 479 g/mol. The van der Waals surface area contributed by atoms with Crippen molar-refractivity contribution in [2.75, 3.05) is 31.4 Å². The van der Waals surface area contributed by atoms with E-state index in [1.807, 2.05) is 6.07 Å². The van der Waals surface area contributed by atoms with Gasteiger partial charge in [-0.3, -0.25) is 10.1 Å². The lowest BCUT2D eigenvalue weighted by atomic mass is 10.1. The first-order valence-electron chi connectivity index (χ1n) is 9.77. The lowest BCUT2D eigenvalue weighted by Gasteiger charge is -2.12. The molecular formula is C21H20F3N5O5. The number of benzene rings is 2. The van der Waals surface area contributed by atoms with Crippen LogP contribution in [0.4, 0.5) is 36.2 Å². The molecule has 0 saturated carbocycles. The average molecular weight is 479 g/mol. The fraction of sp³-hybridized carbons (Fsp3) is 0.238. The summed E-state index contributed by atoms with van der Waals surface area (Å²) in [5.41, 5.74) is 0.763. The van der Waals surface area contributed by atoms with Crippen LogP contribution < -0.4 is 24.8 Å². The first-order chi connectivity index (χ1) is 16.2. The van der Waals surface area contributed by atoms with Crippen molar-refractivity contribution >= 4 is 23.0 Å². The standard InChI is InChI=1S/C21H20F3N5O5/c1-32-16-8-3-13(11-17(16)33-2)9-10-25-19-18(29(30)31)20(27-12-26-19)28-14-4-6-15(7-5-14)34-21(22,23)24/h3-8,11-12H,9-10H2,1-2H3,(H2,25,26,27,28). The van der Waals surface area contributed by atoms with E-state index in [0.717, 1.165) is 24.0 Å². The van der Waals surface area contributed by atoms with E-state index in [4.69, 9.17) is 9.47 Å². The summed E-state index contributed by atoms with van der Waals surface area (Å²) < 4.78 is 51.2. The predicted molar refractivity (Wildman–Crippen MR) is 117 cm³/mol. The maximum atomic E-state index is 12.3. The molecule has 180 valence electrons. The van der Waals surface area contributed by atoms with Crippen LogP contribution in [0.15, 0.2) is 48.8 Å². The van der Waals surface area contributed by atoms with Crippen molar-refractivity contribution in [3.8, 4) is 17.2 Å². The molecule has 0 saturated heterocycles. The minimum Gasteiger partial charge on any atom is -0.493 e. The molecule has 0 radical (unpaired) electrons. The zero-order valence-corrected chi connectivity index (χ0v) is 18.0. The van der Waals surface area contributed by atoms with Crippen molar-refractivity contribution in [2.45, 2.75) is 12.8 Å². The van der Waals surface area contributed by atoms with Crippen molar-refractivity contribution in [2.24, 2.45) is 0 Å². The van der Waals surface area contributed by atoms with E-state index in [0.29, 0.717) is 24.5 Å². The SMILES string of the molecule is COc1ccc(CCNc2ncnc(Nc3ccc(OC(F)(F)F)cc3)c2[N+](=O)[O-])cc1OC. The predicted octanol–water partition coefficient (Wildman–Crippen LogP) is 4.70. The third-order valence-corrected chi connectivity index (χ3v) is 4.51. The Balaban J connectivity index is 1.72. The van der Waals surface area contributed by atoms with Crippen LogP contribution in [-0.4, -0.2) is 42.0 Å². The first kappa shape index (κ1) is 24.4. The first-order valence-corrected chi connectivity index (χ1v) is 9.77. The van der Waals surface area contributed by atoms with Gasteiger partial charge < -0.3 is 24.8 Å². The quantitative estimate of drug-likeness (QED) is 0.315. The van der Waals surface area contributed by atoms with Crippen LogP contribution in [0.25, 0.3) is 0 Å². The summed E-state index contributed by atoms with van der Waals surface area (Å²) >= 11 is 0. The van der Waals surface area contributed by atoms with Crippen LogP contribution in [0.5, 0.6) is 17.2 Å². The molecule has 0 bridgehead atoms. The highest BCUT2D eigenvalue weighted by Crippen LogP contribution is 2.32. The smallest absolute Gasteiger partial charge is 0.493 e. The molecule has 1 heterocycles. The number of nitrogens with one attached hydrogen (secondary N) is 2. The van der Waals surface area contributed by atoms with Gasteiger partial charge in [0.2, 0.25) is 11.6 Å².